The SMILES string of the molecule is C[Si](C)(C)[Si](C)(C)[C]1[CH][CH][CH][CH]1. The van der Waals surface area contributed by atoms with Crippen molar-refractivity contribution in [1.29, 1.82) is 0 Å². The minimum Gasteiger partial charge on any atom is -0.0715 e. The Balaban J connectivity index is 2.69. The van der Waals surface area contributed by atoms with Crippen LogP contribution in [0.4, 0.5) is 0 Å². The second kappa shape index (κ2) is 3.30. The van der Waals surface area contributed by atoms with Crippen molar-refractivity contribution in [3.63, 3.8) is 0 Å². The highest BCUT2D eigenvalue weighted by atomic mass is 29.3. The van der Waals surface area contributed by atoms with Gasteiger partial charge >= 0.3 is 0 Å². The van der Waals surface area contributed by atoms with Crippen molar-refractivity contribution in [2.24, 2.45) is 0 Å². The molecule has 1 saturated carbocycles. The molecule has 0 nitrogen and oxygen atoms in total. The summed E-state index contributed by atoms with van der Waals surface area (Å²) in [5.41, 5.74) is 1.64. The summed E-state index contributed by atoms with van der Waals surface area (Å²) in [7, 11) is -2.04. The molecular weight excluding hydrogens is 176 g/mol. The summed E-state index contributed by atoms with van der Waals surface area (Å²) in [5.74, 6) is 0. The van der Waals surface area contributed by atoms with Crippen molar-refractivity contribution in [2.45, 2.75) is 32.7 Å². The Labute approximate surface area is 79.6 Å². The smallest absolute Gasteiger partial charge is 0.0483 e. The lowest BCUT2D eigenvalue weighted by molar-refractivity contribution is 1.43. The van der Waals surface area contributed by atoms with Crippen molar-refractivity contribution in [3.8, 4) is 0 Å². The molecule has 67 valence electrons. The number of hydrogen-bond donors (Lipinski definition) is 0. The maximum atomic E-state index is 2.51. The van der Waals surface area contributed by atoms with E-state index in [-0.39, 0.29) is 0 Å². The molecule has 0 amide bonds. The van der Waals surface area contributed by atoms with Crippen LogP contribution in [-0.2, 0) is 0 Å². The van der Waals surface area contributed by atoms with Crippen LogP contribution in [0.25, 0.3) is 0 Å². The van der Waals surface area contributed by atoms with Crippen LogP contribution in [-0.4, -0.2) is 15.2 Å². The van der Waals surface area contributed by atoms with Gasteiger partial charge in [-0.2, -0.15) is 0 Å². The quantitative estimate of drug-likeness (QED) is 0.594. The van der Waals surface area contributed by atoms with Gasteiger partial charge in [-0.1, -0.05) is 32.7 Å². The molecule has 0 unspecified atom stereocenters. The monoisotopic (exact) mass is 195 g/mol. The average Bonchev–Trinajstić information content (AvgIpc) is 2.34. The van der Waals surface area contributed by atoms with E-state index in [2.05, 4.69) is 58.4 Å². The Kier molecular flexibility index (Phi) is 2.89. The topological polar surface area (TPSA) is 0 Å². The third-order valence-corrected chi connectivity index (χ3v) is 20.9. The van der Waals surface area contributed by atoms with Crippen LogP contribution >= 0.6 is 0 Å². The zero-order valence-corrected chi connectivity index (χ0v) is 10.8. The number of rotatable bonds is 2. The summed E-state index contributed by atoms with van der Waals surface area (Å²) in [6.45, 7) is 12.5. The first-order chi connectivity index (χ1) is 5.36. The first-order valence-corrected chi connectivity index (χ1v) is 12.1. The molecule has 0 heterocycles. The van der Waals surface area contributed by atoms with Gasteiger partial charge < -0.3 is 0 Å². The van der Waals surface area contributed by atoms with Crippen molar-refractivity contribution in [3.05, 3.63) is 31.2 Å². The summed E-state index contributed by atoms with van der Waals surface area (Å²) >= 11 is 0. The van der Waals surface area contributed by atoms with Crippen LogP contribution in [0.5, 0.6) is 0 Å². The normalized spacial score (nSPS) is 21.8. The van der Waals surface area contributed by atoms with E-state index in [4.69, 9.17) is 0 Å². The van der Waals surface area contributed by atoms with Gasteiger partial charge in [0.25, 0.3) is 0 Å². The highest BCUT2D eigenvalue weighted by molar-refractivity contribution is 7.42. The fourth-order valence-electron chi connectivity index (χ4n) is 1.22. The molecule has 1 aliphatic carbocycles. The fourth-order valence-corrected chi connectivity index (χ4v) is 6.21. The molecular formula is C10H19Si2. The van der Waals surface area contributed by atoms with Gasteiger partial charge in [-0.05, 0) is 31.2 Å². The van der Waals surface area contributed by atoms with Gasteiger partial charge in [0.1, 0.15) is 0 Å². The first-order valence-electron chi connectivity index (χ1n) is 4.58. The minimum absolute atomic E-state index is 0.951. The van der Waals surface area contributed by atoms with Crippen molar-refractivity contribution in [2.75, 3.05) is 0 Å². The molecule has 2 heteroatoms. The Morgan fingerprint density at radius 2 is 1.25 bits per heavy atom. The zero-order chi connectivity index (χ0) is 9.41. The lowest BCUT2D eigenvalue weighted by atomic mass is 10.4. The highest BCUT2D eigenvalue weighted by Gasteiger charge is 2.44. The standard InChI is InChI=1S/C10H19Si2/c1-11(2,3)12(4,5)10-8-6-7-9-10/h6-9H,1-5H3. The number of hydrogen-bond acceptors (Lipinski definition) is 0. The van der Waals surface area contributed by atoms with Crippen LogP contribution in [0, 0.1) is 31.2 Å². The van der Waals surface area contributed by atoms with Crippen LogP contribution in [0.2, 0.25) is 32.7 Å². The molecule has 1 fully saturated rings. The van der Waals surface area contributed by atoms with E-state index < -0.39 is 15.2 Å². The Bertz CT molecular complexity index is 150. The molecule has 1 rings (SSSR count). The van der Waals surface area contributed by atoms with E-state index in [0.717, 1.165) is 0 Å². The summed E-state index contributed by atoms with van der Waals surface area (Å²) in [5, 5.41) is 0. The Morgan fingerprint density at radius 3 is 1.58 bits per heavy atom. The third kappa shape index (κ3) is 1.85. The Hall–Kier alpha value is 0.434. The summed E-state index contributed by atoms with van der Waals surface area (Å²) in [6, 6.07) is 0. The van der Waals surface area contributed by atoms with E-state index in [1.807, 2.05) is 0 Å². The van der Waals surface area contributed by atoms with Gasteiger partial charge in [0.15, 0.2) is 0 Å². The molecule has 0 aromatic heterocycles. The van der Waals surface area contributed by atoms with Crippen LogP contribution in [0.3, 0.4) is 0 Å². The second-order valence-corrected chi connectivity index (χ2v) is 21.6. The molecule has 0 spiro atoms. The van der Waals surface area contributed by atoms with Gasteiger partial charge in [-0.15, -0.1) is 0 Å². The van der Waals surface area contributed by atoms with Gasteiger partial charge in [0.05, 0.1) is 0 Å². The third-order valence-electron chi connectivity index (χ3n) is 3.26. The second-order valence-electron chi connectivity index (χ2n) is 5.05. The molecule has 0 N–H and O–H groups in total. The van der Waals surface area contributed by atoms with E-state index in [1.54, 1.807) is 5.54 Å². The molecule has 0 aromatic rings. The molecule has 0 atom stereocenters. The van der Waals surface area contributed by atoms with Crippen LogP contribution in [0.1, 0.15) is 0 Å². The maximum absolute atomic E-state index is 2.51. The predicted octanol–water partition coefficient (Wildman–Crippen LogP) is 3.06. The zero-order valence-electron chi connectivity index (χ0n) is 8.81. The van der Waals surface area contributed by atoms with Gasteiger partial charge in [0, 0.05) is 15.2 Å². The van der Waals surface area contributed by atoms with E-state index in [1.165, 1.54) is 0 Å². The molecule has 1 aliphatic rings. The predicted molar refractivity (Wildman–Crippen MR) is 61.3 cm³/mol. The van der Waals surface area contributed by atoms with Gasteiger partial charge in [-0.3, -0.25) is 0 Å². The van der Waals surface area contributed by atoms with Crippen molar-refractivity contribution < 1.29 is 0 Å². The minimum atomic E-state index is -1.09. The van der Waals surface area contributed by atoms with E-state index in [9.17, 15) is 0 Å². The summed E-state index contributed by atoms with van der Waals surface area (Å²) in [4.78, 5) is 0. The first kappa shape index (κ1) is 10.5. The van der Waals surface area contributed by atoms with Crippen molar-refractivity contribution >= 4 is 15.2 Å². The highest BCUT2D eigenvalue weighted by Crippen LogP contribution is 2.37. The van der Waals surface area contributed by atoms with Crippen molar-refractivity contribution in [1.82, 2.24) is 0 Å². The molecule has 5 radical (unpaired) electrons. The fraction of sp³-hybridized carbons (Fsp3) is 0.500. The maximum Gasteiger partial charge on any atom is 0.0483 e. The molecule has 12 heavy (non-hydrogen) atoms. The average molecular weight is 195 g/mol. The molecule has 0 saturated heterocycles. The molecule has 0 bridgehead atoms. The van der Waals surface area contributed by atoms with Gasteiger partial charge in [-0.25, -0.2) is 0 Å². The van der Waals surface area contributed by atoms with E-state index in [0.29, 0.717) is 0 Å². The largest absolute Gasteiger partial charge is 0.0715 e. The Morgan fingerprint density at radius 1 is 0.833 bits per heavy atom. The lowest BCUT2D eigenvalue weighted by Crippen LogP contribution is -2.56. The molecule has 0 aliphatic heterocycles. The lowest BCUT2D eigenvalue weighted by Gasteiger charge is -2.40. The van der Waals surface area contributed by atoms with Crippen LogP contribution < -0.4 is 0 Å². The van der Waals surface area contributed by atoms with Gasteiger partial charge in [0.2, 0.25) is 0 Å². The summed E-state index contributed by atoms with van der Waals surface area (Å²) < 4.78 is 0. The van der Waals surface area contributed by atoms with E-state index >= 15 is 0 Å². The summed E-state index contributed by atoms with van der Waals surface area (Å²) in [6.07, 6.45) is 8.96. The molecule has 0 aromatic carbocycles. The van der Waals surface area contributed by atoms with Crippen LogP contribution in [0.15, 0.2) is 0 Å².